The number of benzene rings is 4. The smallest absolute Gasteiger partial charge is 0.249 e. The molecule has 4 heterocycles. The molecular formula is C47H54N4O4. The summed E-state index contributed by atoms with van der Waals surface area (Å²) in [5, 5.41) is 16.0. The van der Waals surface area contributed by atoms with Gasteiger partial charge in [-0.1, -0.05) is 60.7 Å². The second kappa shape index (κ2) is 15.5. The van der Waals surface area contributed by atoms with Crippen molar-refractivity contribution in [2.45, 2.75) is 87.2 Å². The molecule has 4 aliphatic heterocycles. The Balaban J connectivity index is 0.759. The summed E-state index contributed by atoms with van der Waals surface area (Å²) in [7, 11) is 0. The number of phenolic OH excluding ortho intramolecular Hbond substituents is 1. The lowest BCUT2D eigenvalue weighted by molar-refractivity contribution is -0.133. The van der Waals surface area contributed by atoms with Crippen LogP contribution in [0.25, 0.3) is 0 Å². The maximum Gasteiger partial charge on any atom is 0.249 e. The number of phenols is 1. The minimum absolute atomic E-state index is 0.0172. The van der Waals surface area contributed by atoms with Gasteiger partial charge in [-0.15, -0.1) is 0 Å². The molecule has 286 valence electrons. The number of aromatic hydroxyl groups is 1. The number of piperidine rings is 3. The van der Waals surface area contributed by atoms with E-state index in [-0.39, 0.29) is 29.4 Å². The molecule has 0 saturated carbocycles. The van der Waals surface area contributed by atoms with Crippen molar-refractivity contribution in [3.63, 3.8) is 0 Å². The number of rotatable bonds is 8. The molecule has 0 unspecified atom stereocenters. The molecule has 8 heteroatoms. The van der Waals surface area contributed by atoms with Crippen LogP contribution in [0.1, 0.15) is 96.9 Å². The van der Waals surface area contributed by atoms with Gasteiger partial charge < -0.3 is 25.0 Å². The SMILES string of the molecule is O=C1CC[C@@H](Nc2ccc(C3CCN(C[C@@H]4COC5(CCN(c6ccc([C@H]7c8ccc(O)cc8CC[C@H]7c7ccccc7)cc6)CC5)C4)CC3)cc2)C(=O)N1. The van der Waals surface area contributed by atoms with Crippen molar-refractivity contribution in [1.82, 2.24) is 10.2 Å². The first-order valence-electron chi connectivity index (χ1n) is 20.7. The third-order valence-electron chi connectivity index (χ3n) is 13.5. The van der Waals surface area contributed by atoms with E-state index in [1.165, 1.54) is 39.9 Å². The summed E-state index contributed by atoms with van der Waals surface area (Å²) in [6, 6.07) is 34.5. The quantitative estimate of drug-likeness (QED) is 0.160. The number of fused-ring (bicyclic) bond motifs is 1. The Kier molecular flexibility index (Phi) is 10.1. The Hall–Kier alpha value is -4.66. The minimum Gasteiger partial charge on any atom is -0.508 e. The van der Waals surface area contributed by atoms with Crippen molar-refractivity contribution < 1.29 is 19.4 Å². The van der Waals surface area contributed by atoms with E-state index in [0.29, 0.717) is 36.3 Å². The summed E-state index contributed by atoms with van der Waals surface area (Å²) < 4.78 is 6.66. The van der Waals surface area contributed by atoms with E-state index in [1.54, 1.807) is 0 Å². The van der Waals surface area contributed by atoms with Gasteiger partial charge in [0, 0.05) is 43.3 Å². The molecule has 0 bridgehead atoms. The van der Waals surface area contributed by atoms with Crippen molar-refractivity contribution in [1.29, 1.82) is 0 Å². The van der Waals surface area contributed by atoms with Crippen LogP contribution in [0.4, 0.5) is 11.4 Å². The monoisotopic (exact) mass is 738 g/mol. The van der Waals surface area contributed by atoms with Gasteiger partial charge in [0.05, 0.1) is 12.2 Å². The number of carbonyl (C=O) groups excluding carboxylic acids is 2. The number of nitrogens with one attached hydrogen (secondary N) is 2. The number of ether oxygens (including phenoxy) is 1. The van der Waals surface area contributed by atoms with Crippen molar-refractivity contribution in [2.24, 2.45) is 5.92 Å². The molecule has 1 spiro atoms. The number of carbonyl (C=O) groups is 2. The van der Waals surface area contributed by atoms with Gasteiger partial charge in [0.2, 0.25) is 11.8 Å². The molecule has 4 aromatic carbocycles. The summed E-state index contributed by atoms with van der Waals surface area (Å²) in [6.45, 7) is 6.29. The van der Waals surface area contributed by atoms with E-state index in [4.69, 9.17) is 4.74 Å². The molecule has 55 heavy (non-hydrogen) atoms. The summed E-state index contributed by atoms with van der Waals surface area (Å²) in [4.78, 5) is 28.8. The average molecular weight is 739 g/mol. The van der Waals surface area contributed by atoms with E-state index in [1.807, 2.05) is 12.1 Å². The summed E-state index contributed by atoms with van der Waals surface area (Å²) in [6.07, 6.45) is 8.63. The van der Waals surface area contributed by atoms with Crippen LogP contribution in [0, 0.1) is 5.92 Å². The Morgan fingerprint density at radius 3 is 2.27 bits per heavy atom. The lowest BCUT2D eigenvalue weighted by Crippen LogP contribution is -2.47. The Bertz CT molecular complexity index is 1970. The summed E-state index contributed by atoms with van der Waals surface area (Å²) >= 11 is 0. The number of aryl methyl sites for hydroxylation is 1. The maximum absolute atomic E-state index is 12.1. The molecule has 0 aromatic heterocycles. The summed E-state index contributed by atoms with van der Waals surface area (Å²) in [5.41, 5.74) is 8.97. The number of hydrogen-bond donors (Lipinski definition) is 3. The molecule has 5 aliphatic rings. The van der Waals surface area contributed by atoms with Crippen LogP contribution in [0.5, 0.6) is 5.75 Å². The van der Waals surface area contributed by atoms with Crippen LogP contribution in [0.3, 0.4) is 0 Å². The van der Waals surface area contributed by atoms with Crippen LogP contribution in [-0.2, 0) is 20.7 Å². The van der Waals surface area contributed by atoms with Gasteiger partial charge in [-0.3, -0.25) is 14.9 Å². The van der Waals surface area contributed by atoms with E-state index in [9.17, 15) is 14.7 Å². The topological polar surface area (TPSA) is 94.1 Å². The fourth-order valence-electron chi connectivity index (χ4n) is 10.4. The molecule has 8 nitrogen and oxygen atoms in total. The third kappa shape index (κ3) is 7.76. The van der Waals surface area contributed by atoms with Crippen LogP contribution in [-0.4, -0.2) is 72.8 Å². The normalized spacial score (nSPS) is 25.8. The molecule has 3 N–H and O–H groups in total. The third-order valence-corrected chi connectivity index (χ3v) is 13.5. The molecule has 4 saturated heterocycles. The Labute approximate surface area is 325 Å². The summed E-state index contributed by atoms with van der Waals surface area (Å²) in [5.74, 6) is 1.76. The van der Waals surface area contributed by atoms with Crippen molar-refractivity contribution in [3.05, 3.63) is 125 Å². The van der Waals surface area contributed by atoms with E-state index in [0.717, 1.165) is 83.5 Å². The van der Waals surface area contributed by atoms with Gasteiger partial charge in [0.25, 0.3) is 0 Å². The highest BCUT2D eigenvalue weighted by Crippen LogP contribution is 2.47. The van der Waals surface area contributed by atoms with E-state index >= 15 is 0 Å². The number of amides is 2. The zero-order valence-electron chi connectivity index (χ0n) is 31.8. The Morgan fingerprint density at radius 2 is 1.53 bits per heavy atom. The van der Waals surface area contributed by atoms with Crippen molar-refractivity contribution in [3.8, 4) is 5.75 Å². The van der Waals surface area contributed by atoms with Crippen molar-refractivity contribution in [2.75, 3.05) is 49.5 Å². The highest BCUT2D eigenvalue weighted by atomic mass is 16.5. The van der Waals surface area contributed by atoms with Crippen molar-refractivity contribution >= 4 is 23.2 Å². The number of likely N-dealkylation sites (tertiary alicyclic amines) is 1. The molecule has 4 aromatic rings. The highest BCUT2D eigenvalue weighted by Gasteiger charge is 2.43. The van der Waals surface area contributed by atoms with E-state index < -0.39 is 0 Å². The second-order valence-corrected chi connectivity index (χ2v) is 16.9. The number of hydrogen-bond acceptors (Lipinski definition) is 7. The predicted octanol–water partition coefficient (Wildman–Crippen LogP) is 7.73. The Morgan fingerprint density at radius 1 is 0.782 bits per heavy atom. The minimum atomic E-state index is -0.353. The standard InChI is InChI=1S/C47H54N4O4/c52-40-15-17-42-37(28-40)10-16-41(35-4-2-1-3-5-35)45(42)36-8-13-39(14-9-36)51-26-22-47(23-27-51)29-32(31-55-47)30-50-24-20-34(21-25-50)33-6-11-38(12-7-33)48-43-18-19-44(53)49-46(43)54/h1-9,11-15,17,28,32,34,41,43,45,48,52H,10,16,18-27,29-31H2,(H,49,53,54)/t32-,41+,43-,45-/m1/s1. The van der Waals surface area contributed by atoms with Gasteiger partial charge in [-0.2, -0.15) is 0 Å². The van der Waals surface area contributed by atoms with Gasteiger partial charge in [-0.25, -0.2) is 0 Å². The van der Waals surface area contributed by atoms with Crippen LogP contribution < -0.4 is 15.5 Å². The fraction of sp³-hybridized carbons (Fsp3) is 0.447. The van der Waals surface area contributed by atoms with Gasteiger partial charge in [0.1, 0.15) is 11.8 Å². The molecule has 2 amide bonds. The lowest BCUT2D eigenvalue weighted by atomic mass is 9.69. The van der Waals surface area contributed by atoms with Crippen LogP contribution in [0.2, 0.25) is 0 Å². The maximum atomic E-state index is 12.1. The molecule has 4 atom stereocenters. The van der Waals surface area contributed by atoms with Gasteiger partial charge >= 0.3 is 0 Å². The number of imide groups is 1. The zero-order chi connectivity index (χ0) is 37.4. The molecule has 9 rings (SSSR count). The average Bonchev–Trinajstić information content (AvgIpc) is 3.60. The predicted molar refractivity (Wildman–Crippen MR) is 217 cm³/mol. The first-order valence-corrected chi connectivity index (χ1v) is 20.7. The zero-order valence-corrected chi connectivity index (χ0v) is 31.8. The molecule has 4 fully saturated rings. The first kappa shape index (κ1) is 36.0. The van der Waals surface area contributed by atoms with Crippen LogP contribution in [0.15, 0.2) is 97.1 Å². The van der Waals surface area contributed by atoms with Gasteiger partial charge in [-0.05, 0) is 146 Å². The number of anilines is 2. The largest absolute Gasteiger partial charge is 0.508 e. The second-order valence-electron chi connectivity index (χ2n) is 16.9. The molecule has 1 aliphatic carbocycles. The van der Waals surface area contributed by atoms with Crippen LogP contribution >= 0.6 is 0 Å². The molecular weight excluding hydrogens is 685 g/mol. The molecule has 0 radical (unpaired) electrons. The number of nitrogens with zero attached hydrogens (tertiary/aromatic N) is 2. The lowest BCUT2D eigenvalue weighted by Gasteiger charge is -2.40. The highest BCUT2D eigenvalue weighted by molar-refractivity contribution is 6.01. The fourth-order valence-corrected chi connectivity index (χ4v) is 10.4. The first-order chi connectivity index (χ1) is 26.9. The van der Waals surface area contributed by atoms with E-state index in [2.05, 4.69) is 105 Å². The van der Waals surface area contributed by atoms with Gasteiger partial charge in [0.15, 0.2) is 0 Å².